The van der Waals surface area contributed by atoms with E-state index in [1.165, 1.54) is 0 Å². The van der Waals surface area contributed by atoms with Crippen LogP contribution in [0, 0.1) is 0 Å². The van der Waals surface area contributed by atoms with Crippen molar-refractivity contribution in [2.45, 2.75) is 31.1 Å². The van der Waals surface area contributed by atoms with Crippen LogP contribution in [0.1, 0.15) is 33.7 Å². The van der Waals surface area contributed by atoms with E-state index in [0.717, 1.165) is 35.1 Å². The zero-order chi connectivity index (χ0) is 17.3. The van der Waals surface area contributed by atoms with E-state index in [2.05, 4.69) is 0 Å². The van der Waals surface area contributed by atoms with Crippen LogP contribution in [-0.4, -0.2) is 5.92 Å². The summed E-state index contributed by atoms with van der Waals surface area (Å²) in [6.07, 6.45) is 1.37. The van der Waals surface area contributed by atoms with E-state index in [0.29, 0.717) is 5.56 Å². The first kappa shape index (κ1) is 16.0. The van der Waals surface area contributed by atoms with Gasteiger partial charge in [0.05, 0.1) is 5.92 Å². The molecular weight excluding hydrogens is 314 g/mol. The molecule has 2 heteroatoms. The van der Waals surface area contributed by atoms with Gasteiger partial charge in [0, 0.05) is 6.42 Å². The Labute approximate surface area is 147 Å². The lowest BCUT2D eigenvalue weighted by Crippen LogP contribution is -2.30. The Hall–Kier alpha value is -2.48. The molecule has 0 heterocycles. The molecule has 1 aliphatic rings. The Kier molecular flexibility index (Phi) is 4.12. The highest BCUT2D eigenvalue weighted by Crippen LogP contribution is 2.45. The summed E-state index contributed by atoms with van der Waals surface area (Å²) >= 11 is 0. The lowest BCUT2D eigenvalue weighted by molar-refractivity contribution is -0.0155. The molecule has 0 bridgehead atoms. The van der Waals surface area contributed by atoms with Crippen molar-refractivity contribution in [2.24, 2.45) is 0 Å². The number of alkyl halides is 2. The predicted octanol–water partition coefficient (Wildman–Crippen LogP) is 5.80. The predicted molar refractivity (Wildman–Crippen MR) is 97.2 cm³/mol. The number of aryl methyl sites for hydroxylation is 2. The van der Waals surface area contributed by atoms with E-state index in [-0.39, 0.29) is 6.42 Å². The Bertz CT molecular complexity index is 821. The van der Waals surface area contributed by atoms with Gasteiger partial charge in [-0.1, -0.05) is 78.9 Å². The smallest absolute Gasteiger partial charge is 0.205 e. The Morgan fingerprint density at radius 3 is 1.72 bits per heavy atom. The van der Waals surface area contributed by atoms with E-state index in [1.807, 2.05) is 66.7 Å². The highest BCUT2D eigenvalue weighted by molar-refractivity contribution is 5.47. The van der Waals surface area contributed by atoms with Gasteiger partial charge in [-0.05, 0) is 40.7 Å². The number of benzene rings is 3. The molecule has 0 spiro atoms. The van der Waals surface area contributed by atoms with Crippen molar-refractivity contribution in [1.29, 1.82) is 0 Å². The normalized spacial score (nSPS) is 14.5. The Morgan fingerprint density at radius 2 is 1.16 bits per heavy atom. The summed E-state index contributed by atoms with van der Waals surface area (Å²) in [5.41, 5.74) is 4.29. The molecule has 0 unspecified atom stereocenters. The van der Waals surface area contributed by atoms with Gasteiger partial charge in [0.1, 0.15) is 0 Å². The SMILES string of the molecule is FC(F)(Cc1ccccc1)C1c2ccccc2CCc2ccccc21. The van der Waals surface area contributed by atoms with Crippen LogP contribution in [0.25, 0.3) is 0 Å². The maximum absolute atomic E-state index is 15.5. The quantitative estimate of drug-likeness (QED) is 0.568. The van der Waals surface area contributed by atoms with Crippen LogP contribution in [0.4, 0.5) is 8.78 Å². The fraction of sp³-hybridized carbons (Fsp3) is 0.217. The molecule has 3 aromatic carbocycles. The fourth-order valence-electron chi connectivity index (χ4n) is 3.95. The van der Waals surface area contributed by atoms with E-state index in [1.54, 1.807) is 12.1 Å². The van der Waals surface area contributed by atoms with Crippen molar-refractivity contribution in [3.63, 3.8) is 0 Å². The van der Waals surface area contributed by atoms with Gasteiger partial charge in [0.2, 0.25) is 0 Å². The van der Waals surface area contributed by atoms with Crippen molar-refractivity contribution < 1.29 is 8.78 Å². The van der Waals surface area contributed by atoms with Crippen LogP contribution in [-0.2, 0) is 19.3 Å². The first-order valence-corrected chi connectivity index (χ1v) is 8.72. The molecule has 0 aliphatic heterocycles. The molecule has 25 heavy (non-hydrogen) atoms. The van der Waals surface area contributed by atoms with E-state index < -0.39 is 11.8 Å². The third-order valence-corrected chi connectivity index (χ3v) is 5.10. The van der Waals surface area contributed by atoms with Gasteiger partial charge in [-0.3, -0.25) is 0 Å². The molecule has 0 atom stereocenters. The minimum absolute atomic E-state index is 0.249. The van der Waals surface area contributed by atoms with Crippen LogP contribution >= 0.6 is 0 Å². The monoisotopic (exact) mass is 334 g/mol. The average molecular weight is 334 g/mol. The Morgan fingerprint density at radius 1 is 0.680 bits per heavy atom. The molecule has 1 aliphatic carbocycles. The number of rotatable bonds is 3. The third-order valence-electron chi connectivity index (χ3n) is 5.10. The third kappa shape index (κ3) is 3.09. The largest absolute Gasteiger partial charge is 0.262 e. The highest BCUT2D eigenvalue weighted by Gasteiger charge is 2.44. The van der Waals surface area contributed by atoms with Crippen LogP contribution in [0.2, 0.25) is 0 Å². The summed E-state index contributed by atoms with van der Waals surface area (Å²) in [6, 6.07) is 24.4. The fourth-order valence-corrected chi connectivity index (χ4v) is 3.95. The lowest BCUT2D eigenvalue weighted by atomic mass is 9.81. The molecule has 0 radical (unpaired) electrons. The highest BCUT2D eigenvalue weighted by atomic mass is 19.3. The van der Waals surface area contributed by atoms with Crippen molar-refractivity contribution in [2.75, 3.05) is 0 Å². The molecule has 4 rings (SSSR count). The molecule has 0 amide bonds. The van der Waals surface area contributed by atoms with Crippen molar-refractivity contribution >= 4 is 0 Å². The summed E-state index contributed by atoms with van der Waals surface area (Å²) < 4.78 is 31.1. The van der Waals surface area contributed by atoms with Gasteiger partial charge in [0.25, 0.3) is 5.92 Å². The lowest BCUT2D eigenvalue weighted by Gasteiger charge is -2.29. The molecule has 0 saturated heterocycles. The summed E-state index contributed by atoms with van der Waals surface area (Å²) in [5.74, 6) is -3.75. The molecule has 126 valence electrons. The second kappa shape index (κ2) is 6.44. The first-order chi connectivity index (χ1) is 12.1. The summed E-state index contributed by atoms with van der Waals surface area (Å²) in [6.45, 7) is 0. The van der Waals surface area contributed by atoms with Crippen LogP contribution in [0.3, 0.4) is 0 Å². The van der Waals surface area contributed by atoms with E-state index >= 15 is 8.78 Å². The molecule has 0 nitrogen and oxygen atoms in total. The first-order valence-electron chi connectivity index (χ1n) is 8.72. The molecule has 0 fully saturated rings. The minimum Gasteiger partial charge on any atom is -0.205 e. The number of hydrogen-bond acceptors (Lipinski definition) is 0. The number of hydrogen-bond donors (Lipinski definition) is 0. The summed E-state index contributed by atoms with van der Waals surface area (Å²) in [4.78, 5) is 0. The minimum atomic E-state index is -2.85. The number of halogens is 2. The van der Waals surface area contributed by atoms with Gasteiger partial charge >= 0.3 is 0 Å². The maximum Gasteiger partial charge on any atom is 0.262 e. The number of fused-ring (bicyclic) bond motifs is 2. The molecule has 0 N–H and O–H groups in total. The molecular formula is C23H20F2. The van der Waals surface area contributed by atoms with Gasteiger partial charge < -0.3 is 0 Å². The van der Waals surface area contributed by atoms with Crippen molar-refractivity contribution in [3.05, 3.63) is 107 Å². The average Bonchev–Trinajstić information content (AvgIpc) is 2.79. The van der Waals surface area contributed by atoms with Gasteiger partial charge in [0.15, 0.2) is 0 Å². The maximum atomic E-state index is 15.5. The molecule has 3 aromatic rings. The molecule has 0 aromatic heterocycles. The standard InChI is InChI=1S/C23H20F2/c24-23(25,16-17-8-2-1-3-9-17)22-20-12-6-4-10-18(20)14-15-19-11-5-7-13-21(19)22/h1-13,22H,14-16H2. The van der Waals surface area contributed by atoms with E-state index in [9.17, 15) is 0 Å². The van der Waals surface area contributed by atoms with Crippen LogP contribution in [0.5, 0.6) is 0 Å². The van der Waals surface area contributed by atoms with Crippen molar-refractivity contribution in [1.82, 2.24) is 0 Å². The zero-order valence-electron chi connectivity index (χ0n) is 14.0. The van der Waals surface area contributed by atoms with Crippen LogP contribution < -0.4 is 0 Å². The zero-order valence-corrected chi connectivity index (χ0v) is 14.0. The summed E-state index contributed by atoms with van der Waals surface area (Å²) in [7, 11) is 0. The second-order valence-electron chi connectivity index (χ2n) is 6.75. The van der Waals surface area contributed by atoms with Gasteiger partial charge in [-0.15, -0.1) is 0 Å². The van der Waals surface area contributed by atoms with Crippen molar-refractivity contribution in [3.8, 4) is 0 Å². The second-order valence-corrected chi connectivity index (χ2v) is 6.75. The van der Waals surface area contributed by atoms with E-state index in [4.69, 9.17) is 0 Å². The molecule has 0 saturated carbocycles. The van der Waals surface area contributed by atoms with Gasteiger partial charge in [-0.25, -0.2) is 8.78 Å². The summed E-state index contributed by atoms with van der Waals surface area (Å²) in [5, 5.41) is 0. The van der Waals surface area contributed by atoms with Crippen LogP contribution in [0.15, 0.2) is 78.9 Å². The Balaban J connectivity index is 1.84. The topological polar surface area (TPSA) is 0 Å². The van der Waals surface area contributed by atoms with Gasteiger partial charge in [-0.2, -0.15) is 0 Å².